The summed E-state index contributed by atoms with van der Waals surface area (Å²) in [6, 6.07) is 13.6. The van der Waals surface area contributed by atoms with Crippen LogP contribution in [-0.4, -0.2) is 6.54 Å². The van der Waals surface area contributed by atoms with Gasteiger partial charge in [-0.15, -0.1) is 0 Å². The minimum atomic E-state index is -0.141. The number of hydrogen-bond acceptors (Lipinski definition) is 2. The molecule has 2 aromatic rings. The number of benzene rings is 2. The zero-order valence-corrected chi connectivity index (χ0v) is 12.1. The third-order valence-electron chi connectivity index (χ3n) is 2.88. The molecule has 2 aromatic carbocycles. The van der Waals surface area contributed by atoms with Gasteiger partial charge < -0.3 is 5.32 Å². The molecule has 0 atom stereocenters. The van der Waals surface area contributed by atoms with Gasteiger partial charge in [0.2, 0.25) is 0 Å². The van der Waals surface area contributed by atoms with Crippen LogP contribution in [0.25, 0.3) is 0 Å². The van der Waals surface area contributed by atoms with Gasteiger partial charge in [-0.25, -0.2) is 4.39 Å². The van der Waals surface area contributed by atoms with Crippen molar-refractivity contribution < 1.29 is 4.39 Å². The van der Waals surface area contributed by atoms with Gasteiger partial charge in [0.05, 0.1) is 0 Å². The summed E-state index contributed by atoms with van der Waals surface area (Å²) in [6.07, 6.45) is 0. The van der Waals surface area contributed by atoms with Crippen LogP contribution in [0.15, 0.2) is 52.3 Å². The molecule has 3 heteroatoms. The SMILES string of the molecule is CCNCc1c(F)cccc1Sc1ccc(C)cc1. The quantitative estimate of drug-likeness (QED) is 0.868. The van der Waals surface area contributed by atoms with Crippen molar-refractivity contribution in [3.8, 4) is 0 Å². The van der Waals surface area contributed by atoms with Gasteiger partial charge in [0.25, 0.3) is 0 Å². The molecule has 0 aliphatic carbocycles. The van der Waals surface area contributed by atoms with Crippen LogP contribution < -0.4 is 5.32 Å². The average molecular weight is 275 g/mol. The molecule has 0 aromatic heterocycles. The van der Waals surface area contributed by atoms with Gasteiger partial charge in [0.15, 0.2) is 0 Å². The number of halogens is 1. The van der Waals surface area contributed by atoms with Crippen molar-refractivity contribution >= 4 is 11.8 Å². The summed E-state index contributed by atoms with van der Waals surface area (Å²) in [5, 5.41) is 3.19. The van der Waals surface area contributed by atoms with Gasteiger partial charge in [-0.05, 0) is 37.7 Å². The van der Waals surface area contributed by atoms with Gasteiger partial charge in [-0.1, -0.05) is 42.4 Å². The zero-order chi connectivity index (χ0) is 13.7. The third-order valence-corrected chi connectivity index (χ3v) is 3.99. The number of nitrogens with one attached hydrogen (secondary N) is 1. The molecule has 1 N–H and O–H groups in total. The first kappa shape index (κ1) is 14.1. The number of hydrogen-bond donors (Lipinski definition) is 1. The topological polar surface area (TPSA) is 12.0 Å². The summed E-state index contributed by atoms with van der Waals surface area (Å²) in [4.78, 5) is 2.11. The molecular formula is C16H18FNS. The van der Waals surface area contributed by atoms with Gasteiger partial charge in [0, 0.05) is 21.9 Å². The van der Waals surface area contributed by atoms with E-state index in [1.807, 2.05) is 13.0 Å². The molecule has 0 radical (unpaired) electrons. The Labute approximate surface area is 118 Å². The Morgan fingerprint density at radius 1 is 1.11 bits per heavy atom. The molecule has 0 aliphatic rings. The molecule has 19 heavy (non-hydrogen) atoms. The van der Waals surface area contributed by atoms with E-state index in [-0.39, 0.29) is 5.82 Å². The summed E-state index contributed by atoms with van der Waals surface area (Å²) in [7, 11) is 0. The fourth-order valence-corrected chi connectivity index (χ4v) is 2.75. The Hall–Kier alpha value is -1.32. The summed E-state index contributed by atoms with van der Waals surface area (Å²) in [6.45, 7) is 5.49. The summed E-state index contributed by atoms with van der Waals surface area (Å²) < 4.78 is 13.9. The van der Waals surface area contributed by atoms with Crippen LogP contribution in [0, 0.1) is 12.7 Å². The van der Waals surface area contributed by atoms with Crippen molar-refractivity contribution in [1.82, 2.24) is 5.32 Å². The van der Waals surface area contributed by atoms with Crippen molar-refractivity contribution in [1.29, 1.82) is 0 Å². The van der Waals surface area contributed by atoms with E-state index in [0.717, 1.165) is 21.9 Å². The van der Waals surface area contributed by atoms with Crippen molar-refractivity contribution in [2.75, 3.05) is 6.54 Å². The minimum Gasteiger partial charge on any atom is -0.313 e. The lowest BCUT2D eigenvalue weighted by atomic mass is 10.2. The lowest BCUT2D eigenvalue weighted by molar-refractivity contribution is 0.586. The fourth-order valence-electron chi connectivity index (χ4n) is 1.79. The molecule has 0 saturated heterocycles. The molecule has 0 fully saturated rings. The van der Waals surface area contributed by atoms with E-state index in [0.29, 0.717) is 6.54 Å². The maximum Gasteiger partial charge on any atom is 0.128 e. The maximum absolute atomic E-state index is 13.9. The number of rotatable bonds is 5. The summed E-state index contributed by atoms with van der Waals surface area (Å²) in [5.74, 6) is -0.141. The van der Waals surface area contributed by atoms with E-state index >= 15 is 0 Å². The molecule has 0 aliphatic heterocycles. The molecule has 0 saturated carbocycles. The van der Waals surface area contributed by atoms with E-state index < -0.39 is 0 Å². The lowest BCUT2D eigenvalue weighted by Gasteiger charge is -2.11. The normalized spacial score (nSPS) is 10.7. The van der Waals surface area contributed by atoms with Gasteiger partial charge in [-0.3, -0.25) is 0 Å². The highest BCUT2D eigenvalue weighted by molar-refractivity contribution is 7.99. The lowest BCUT2D eigenvalue weighted by Crippen LogP contribution is -2.13. The smallest absolute Gasteiger partial charge is 0.128 e. The first-order chi connectivity index (χ1) is 9.20. The van der Waals surface area contributed by atoms with Crippen molar-refractivity contribution in [3.63, 3.8) is 0 Å². The highest BCUT2D eigenvalue weighted by atomic mass is 32.2. The monoisotopic (exact) mass is 275 g/mol. The number of aryl methyl sites for hydroxylation is 1. The Kier molecular flexibility index (Phi) is 5.00. The van der Waals surface area contributed by atoms with Gasteiger partial charge in [-0.2, -0.15) is 0 Å². The van der Waals surface area contributed by atoms with Crippen LogP contribution in [0.3, 0.4) is 0 Å². The van der Waals surface area contributed by atoms with Crippen LogP contribution in [0.4, 0.5) is 4.39 Å². The van der Waals surface area contributed by atoms with E-state index in [1.54, 1.807) is 17.8 Å². The highest BCUT2D eigenvalue weighted by Gasteiger charge is 2.09. The summed E-state index contributed by atoms with van der Waals surface area (Å²) >= 11 is 1.61. The van der Waals surface area contributed by atoms with E-state index in [4.69, 9.17) is 0 Å². The highest BCUT2D eigenvalue weighted by Crippen LogP contribution is 2.31. The fraction of sp³-hybridized carbons (Fsp3) is 0.250. The molecular weight excluding hydrogens is 257 g/mol. The van der Waals surface area contributed by atoms with Crippen LogP contribution in [0.2, 0.25) is 0 Å². The van der Waals surface area contributed by atoms with Crippen molar-refractivity contribution in [3.05, 3.63) is 59.4 Å². The van der Waals surface area contributed by atoms with E-state index in [2.05, 4.69) is 36.5 Å². The Morgan fingerprint density at radius 3 is 2.53 bits per heavy atom. The molecule has 2 rings (SSSR count). The second-order valence-corrected chi connectivity index (χ2v) is 5.53. The third kappa shape index (κ3) is 3.82. The second-order valence-electron chi connectivity index (χ2n) is 4.41. The van der Waals surface area contributed by atoms with Crippen molar-refractivity contribution in [2.24, 2.45) is 0 Å². The average Bonchev–Trinajstić information content (AvgIpc) is 2.41. The molecule has 0 amide bonds. The van der Waals surface area contributed by atoms with Gasteiger partial charge >= 0.3 is 0 Å². The summed E-state index contributed by atoms with van der Waals surface area (Å²) in [5.41, 5.74) is 1.98. The van der Waals surface area contributed by atoms with Gasteiger partial charge in [0.1, 0.15) is 5.82 Å². The first-order valence-corrected chi connectivity index (χ1v) is 7.25. The van der Waals surface area contributed by atoms with E-state index in [1.165, 1.54) is 11.6 Å². The molecule has 0 bridgehead atoms. The molecule has 1 nitrogen and oxygen atoms in total. The Morgan fingerprint density at radius 2 is 1.84 bits per heavy atom. The molecule has 0 heterocycles. The zero-order valence-electron chi connectivity index (χ0n) is 11.2. The predicted molar refractivity (Wildman–Crippen MR) is 79.1 cm³/mol. The second kappa shape index (κ2) is 6.73. The van der Waals surface area contributed by atoms with Crippen LogP contribution in [-0.2, 0) is 6.54 Å². The van der Waals surface area contributed by atoms with Crippen LogP contribution >= 0.6 is 11.8 Å². The molecule has 0 spiro atoms. The van der Waals surface area contributed by atoms with Crippen LogP contribution in [0.1, 0.15) is 18.1 Å². The van der Waals surface area contributed by atoms with Crippen molar-refractivity contribution in [2.45, 2.75) is 30.2 Å². The first-order valence-electron chi connectivity index (χ1n) is 6.43. The minimum absolute atomic E-state index is 0.141. The predicted octanol–water partition coefficient (Wildman–Crippen LogP) is 4.39. The molecule has 100 valence electrons. The Bertz CT molecular complexity index is 537. The van der Waals surface area contributed by atoms with Crippen LogP contribution in [0.5, 0.6) is 0 Å². The van der Waals surface area contributed by atoms with E-state index in [9.17, 15) is 4.39 Å². The largest absolute Gasteiger partial charge is 0.313 e. The molecule has 0 unspecified atom stereocenters. The maximum atomic E-state index is 13.9. The standard InChI is InChI=1S/C16H18FNS/c1-3-18-11-14-15(17)5-4-6-16(14)19-13-9-7-12(2)8-10-13/h4-10,18H,3,11H2,1-2H3. The Balaban J connectivity index is 2.23.